The lowest BCUT2D eigenvalue weighted by Crippen LogP contribution is -2.01. The van der Waals surface area contributed by atoms with Crippen LogP contribution in [0.2, 0.25) is 0 Å². The number of aromatic nitrogens is 3. The van der Waals surface area contributed by atoms with Gasteiger partial charge >= 0.3 is 0 Å². The van der Waals surface area contributed by atoms with Crippen molar-refractivity contribution in [2.75, 3.05) is 5.32 Å². The molecule has 3 aromatic heterocycles. The second-order valence-electron chi connectivity index (χ2n) is 3.98. The number of hydrogen-bond acceptors (Lipinski definition) is 5. The maximum atomic E-state index is 4.42. The first-order valence-corrected chi connectivity index (χ1v) is 6.55. The molecule has 90 valence electrons. The lowest BCUT2D eigenvalue weighted by molar-refractivity contribution is 1.12. The third kappa shape index (κ3) is 2.17. The van der Waals surface area contributed by atoms with E-state index in [1.807, 2.05) is 12.1 Å². The molecular weight excluding hydrogens is 244 g/mol. The smallest absolute Gasteiger partial charge is 0.180 e. The van der Waals surface area contributed by atoms with Crippen LogP contribution in [-0.2, 0) is 6.54 Å². The van der Waals surface area contributed by atoms with Gasteiger partial charge in [0.15, 0.2) is 5.65 Å². The molecule has 4 nitrogen and oxygen atoms in total. The average molecular weight is 256 g/mol. The topological polar surface area (TPSA) is 50.7 Å². The van der Waals surface area contributed by atoms with Crippen molar-refractivity contribution in [1.29, 1.82) is 0 Å². The van der Waals surface area contributed by atoms with Gasteiger partial charge in [0.05, 0.1) is 6.54 Å². The van der Waals surface area contributed by atoms with E-state index >= 15 is 0 Å². The number of rotatable bonds is 3. The Morgan fingerprint density at radius 3 is 2.89 bits per heavy atom. The summed E-state index contributed by atoms with van der Waals surface area (Å²) in [4.78, 5) is 14.1. The summed E-state index contributed by atoms with van der Waals surface area (Å²) < 4.78 is 0. The highest BCUT2D eigenvalue weighted by atomic mass is 32.1. The third-order valence-corrected chi connectivity index (χ3v) is 3.75. The van der Waals surface area contributed by atoms with E-state index in [4.69, 9.17) is 0 Å². The number of thiophene rings is 1. The lowest BCUT2D eigenvalue weighted by Gasteiger charge is -2.05. The number of hydrogen-bond donors (Lipinski definition) is 1. The van der Waals surface area contributed by atoms with Crippen LogP contribution < -0.4 is 5.32 Å². The molecular formula is C13H12N4S. The maximum absolute atomic E-state index is 4.42. The van der Waals surface area contributed by atoms with Crippen molar-refractivity contribution in [3.05, 3.63) is 46.4 Å². The Hall–Kier alpha value is -2.01. The summed E-state index contributed by atoms with van der Waals surface area (Å²) in [7, 11) is 0. The van der Waals surface area contributed by atoms with Crippen LogP contribution in [-0.4, -0.2) is 15.0 Å². The highest BCUT2D eigenvalue weighted by molar-refractivity contribution is 7.10. The fraction of sp³-hybridized carbons (Fsp3) is 0.154. The van der Waals surface area contributed by atoms with E-state index in [0.717, 1.165) is 17.9 Å². The van der Waals surface area contributed by atoms with Crippen LogP contribution in [0.3, 0.4) is 0 Å². The second kappa shape index (κ2) is 4.70. The van der Waals surface area contributed by atoms with E-state index in [1.54, 1.807) is 23.7 Å². The second-order valence-corrected chi connectivity index (χ2v) is 4.98. The van der Waals surface area contributed by atoms with E-state index < -0.39 is 0 Å². The minimum absolute atomic E-state index is 0.672. The molecule has 0 bridgehead atoms. The van der Waals surface area contributed by atoms with Crippen molar-refractivity contribution < 1.29 is 0 Å². The van der Waals surface area contributed by atoms with Gasteiger partial charge in [0.25, 0.3) is 0 Å². The minimum atomic E-state index is 0.672. The molecule has 0 aliphatic carbocycles. The normalized spacial score (nSPS) is 10.7. The van der Waals surface area contributed by atoms with Crippen LogP contribution in [0.15, 0.2) is 36.0 Å². The molecule has 0 unspecified atom stereocenters. The number of anilines is 1. The van der Waals surface area contributed by atoms with Crippen LogP contribution in [0.5, 0.6) is 0 Å². The molecule has 3 heterocycles. The van der Waals surface area contributed by atoms with Gasteiger partial charge in [-0.25, -0.2) is 9.97 Å². The molecule has 0 aliphatic heterocycles. The zero-order valence-corrected chi connectivity index (χ0v) is 10.7. The average Bonchev–Trinajstić information content (AvgIpc) is 2.82. The molecule has 0 amide bonds. The van der Waals surface area contributed by atoms with Gasteiger partial charge in [-0.15, -0.1) is 11.3 Å². The zero-order valence-electron chi connectivity index (χ0n) is 9.92. The van der Waals surface area contributed by atoms with Crippen molar-refractivity contribution in [3.8, 4) is 0 Å². The monoisotopic (exact) mass is 256 g/mol. The number of fused-ring (bicyclic) bond motifs is 1. The van der Waals surface area contributed by atoms with Gasteiger partial charge in [-0.05, 0) is 36.1 Å². The van der Waals surface area contributed by atoms with Crippen molar-refractivity contribution in [2.45, 2.75) is 13.5 Å². The SMILES string of the molecule is Cc1ccsc1CNc1ccc2nccnc2n1. The Balaban J connectivity index is 1.81. The molecule has 0 saturated heterocycles. The molecule has 0 fully saturated rings. The van der Waals surface area contributed by atoms with Crippen molar-refractivity contribution >= 4 is 28.3 Å². The molecule has 5 heteroatoms. The van der Waals surface area contributed by atoms with E-state index in [0.29, 0.717) is 5.65 Å². The first-order chi connectivity index (χ1) is 8.83. The van der Waals surface area contributed by atoms with E-state index in [-0.39, 0.29) is 0 Å². The highest BCUT2D eigenvalue weighted by Gasteiger charge is 2.02. The molecule has 0 radical (unpaired) electrons. The lowest BCUT2D eigenvalue weighted by atomic mass is 10.3. The van der Waals surface area contributed by atoms with Crippen LogP contribution in [0.25, 0.3) is 11.2 Å². The van der Waals surface area contributed by atoms with Gasteiger partial charge in [0.1, 0.15) is 11.3 Å². The molecule has 0 aromatic carbocycles. The third-order valence-electron chi connectivity index (χ3n) is 2.73. The fourth-order valence-electron chi connectivity index (χ4n) is 1.71. The van der Waals surface area contributed by atoms with Gasteiger partial charge in [-0.1, -0.05) is 0 Å². The first kappa shape index (κ1) is 11.1. The van der Waals surface area contributed by atoms with Crippen LogP contribution in [0.1, 0.15) is 10.4 Å². The van der Waals surface area contributed by atoms with Crippen LogP contribution in [0, 0.1) is 6.92 Å². The minimum Gasteiger partial charge on any atom is -0.365 e. The summed E-state index contributed by atoms with van der Waals surface area (Å²) in [5, 5.41) is 5.41. The van der Waals surface area contributed by atoms with Crippen molar-refractivity contribution in [3.63, 3.8) is 0 Å². The number of aryl methyl sites for hydroxylation is 1. The molecule has 0 spiro atoms. The summed E-state index contributed by atoms with van der Waals surface area (Å²) in [6.45, 7) is 2.91. The van der Waals surface area contributed by atoms with Gasteiger partial charge in [-0.3, -0.25) is 4.98 Å². The van der Waals surface area contributed by atoms with Crippen molar-refractivity contribution in [2.24, 2.45) is 0 Å². The van der Waals surface area contributed by atoms with Gasteiger partial charge in [-0.2, -0.15) is 0 Å². The number of nitrogens with zero attached hydrogens (tertiary/aromatic N) is 3. The maximum Gasteiger partial charge on any atom is 0.180 e. The van der Waals surface area contributed by atoms with E-state index in [9.17, 15) is 0 Å². The van der Waals surface area contributed by atoms with Crippen LogP contribution in [0.4, 0.5) is 5.82 Å². The summed E-state index contributed by atoms with van der Waals surface area (Å²) in [6, 6.07) is 5.99. The summed E-state index contributed by atoms with van der Waals surface area (Å²) >= 11 is 1.75. The molecule has 0 aliphatic rings. The largest absolute Gasteiger partial charge is 0.365 e. The Morgan fingerprint density at radius 2 is 2.06 bits per heavy atom. The predicted molar refractivity (Wildman–Crippen MR) is 73.7 cm³/mol. The van der Waals surface area contributed by atoms with E-state index in [1.165, 1.54) is 10.4 Å². The first-order valence-electron chi connectivity index (χ1n) is 5.67. The van der Waals surface area contributed by atoms with Gasteiger partial charge in [0.2, 0.25) is 0 Å². The Labute approximate surface area is 109 Å². The molecule has 3 rings (SSSR count). The zero-order chi connectivity index (χ0) is 12.4. The molecule has 0 atom stereocenters. The van der Waals surface area contributed by atoms with Crippen molar-refractivity contribution in [1.82, 2.24) is 15.0 Å². The Morgan fingerprint density at radius 1 is 1.17 bits per heavy atom. The number of nitrogens with one attached hydrogen (secondary N) is 1. The molecule has 3 aromatic rings. The van der Waals surface area contributed by atoms with Crippen LogP contribution >= 0.6 is 11.3 Å². The van der Waals surface area contributed by atoms with Gasteiger partial charge in [0, 0.05) is 17.3 Å². The highest BCUT2D eigenvalue weighted by Crippen LogP contribution is 2.17. The summed E-state index contributed by atoms with van der Waals surface area (Å²) in [5.41, 5.74) is 2.80. The summed E-state index contributed by atoms with van der Waals surface area (Å²) in [5.74, 6) is 0.829. The Bertz CT molecular complexity index is 677. The molecule has 18 heavy (non-hydrogen) atoms. The predicted octanol–water partition coefficient (Wildman–Crippen LogP) is 3.01. The fourth-order valence-corrected chi connectivity index (χ4v) is 2.55. The standard InChI is InChI=1S/C13H12N4S/c1-9-4-7-18-11(9)8-16-12-3-2-10-13(17-12)15-6-5-14-10/h2-7H,8H2,1H3,(H,15,16,17). The molecule has 0 saturated carbocycles. The number of pyridine rings is 1. The van der Waals surface area contributed by atoms with E-state index in [2.05, 4.69) is 38.6 Å². The summed E-state index contributed by atoms with van der Waals surface area (Å²) in [6.07, 6.45) is 3.33. The quantitative estimate of drug-likeness (QED) is 0.782. The Kier molecular flexibility index (Phi) is 2.90. The molecule has 1 N–H and O–H groups in total. The van der Waals surface area contributed by atoms with Gasteiger partial charge < -0.3 is 5.32 Å².